The third-order valence-electron chi connectivity index (χ3n) is 3.21. The minimum absolute atomic E-state index is 0.0847. The molecule has 0 spiro atoms. The lowest BCUT2D eigenvalue weighted by atomic mass is 10.1. The van der Waals surface area contributed by atoms with Crippen LogP contribution in [0.1, 0.15) is 29.6 Å². The van der Waals surface area contributed by atoms with Crippen LogP contribution < -0.4 is 0 Å². The van der Waals surface area contributed by atoms with Crippen LogP contribution in [0.25, 0.3) is 10.1 Å². The van der Waals surface area contributed by atoms with Gasteiger partial charge in [0.2, 0.25) is 0 Å². The van der Waals surface area contributed by atoms with Crippen LogP contribution in [0, 0.1) is 0 Å². The summed E-state index contributed by atoms with van der Waals surface area (Å²) in [6.45, 7) is 0.968. The summed E-state index contributed by atoms with van der Waals surface area (Å²) in [4.78, 5) is 14.1. The summed E-state index contributed by atoms with van der Waals surface area (Å²) >= 11 is 1.61. The number of nitrogens with zero attached hydrogens (tertiary/aromatic N) is 1. The van der Waals surface area contributed by atoms with Crippen LogP contribution in [0.3, 0.4) is 0 Å². The van der Waals surface area contributed by atoms with Crippen molar-refractivity contribution in [3.63, 3.8) is 0 Å². The van der Waals surface area contributed by atoms with Crippen LogP contribution in [-0.4, -0.2) is 36.1 Å². The van der Waals surface area contributed by atoms with E-state index in [1.54, 1.807) is 16.2 Å². The Morgan fingerprint density at radius 1 is 1.26 bits per heavy atom. The number of carbonyl (C=O) groups excluding carboxylic acids is 1. The average molecular weight is 277 g/mol. The van der Waals surface area contributed by atoms with E-state index in [-0.39, 0.29) is 12.5 Å². The van der Waals surface area contributed by atoms with Crippen molar-refractivity contribution in [2.45, 2.75) is 19.3 Å². The van der Waals surface area contributed by atoms with Crippen molar-refractivity contribution in [2.24, 2.45) is 0 Å². The van der Waals surface area contributed by atoms with Crippen molar-refractivity contribution >= 4 is 27.3 Å². The van der Waals surface area contributed by atoms with E-state index < -0.39 is 0 Å². The highest BCUT2D eigenvalue weighted by Gasteiger charge is 2.15. The number of aliphatic hydroxyl groups is 1. The van der Waals surface area contributed by atoms with E-state index in [2.05, 4.69) is 0 Å². The molecular formula is C15H19NO2S. The molecule has 0 atom stereocenters. The zero-order chi connectivity index (χ0) is 13.7. The molecule has 1 aromatic carbocycles. The fourth-order valence-corrected chi connectivity index (χ4v) is 3.02. The molecule has 2 aromatic rings. The van der Waals surface area contributed by atoms with Crippen LogP contribution in [-0.2, 0) is 0 Å². The standard InChI is InChI=1S/C15H19NO2S/c1-16(9-5-2-6-10-17)15(18)13-11-19-14-8-4-3-7-12(13)14/h3-4,7-8,11,17H,2,5-6,9-10H2,1H3. The Morgan fingerprint density at radius 2 is 2.05 bits per heavy atom. The number of aliphatic hydroxyl groups excluding tert-OH is 1. The van der Waals surface area contributed by atoms with Gasteiger partial charge in [0, 0.05) is 35.7 Å². The Kier molecular flexibility index (Phi) is 4.93. The van der Waals surface area contributed by atoms with Crippen molar-refractivity contribution in [3.8, 4) is 0 Å². The van der Waals surface area contributed by atoms with Gasteiger partial charge in [0.25, 0.3) is 5.91 Å². The number of carbonyl (C=O) groups is 1. The topological polar surface area (TPSA) is 40.5 Å². The molecule has 2 rings (SSSR count). The molecule has 0 aliphatic carbocycles. The van der Waals surface area contributed by atoms with Gasteiger partial charge in [0.1, 0.15) is 0 Å². The number of amides is 1. The normalized spacial score (nSPS) is 10.8. The van der Waals surface area contributed by atoms with E-state index in [0.29, 0.717) is 0 Å². The number of rotatable bonds is 6. The number of hydrogen-bond donors (Lipinski definition) is 1. The van der Waals surface area contributed by atoms with Crippen LogP contribution in [0.4, 0.5) is 0 Å². The molecule has 1 N–H and O–H groups in total. The molecule has 1 amide bonds. The highest BCUT2D eigenvalue weighted by atomic mass is 32.1. The van der Waals surface area contributed by atoms with Gasteiger partial charge in [0.15, 0.2) is 0 Å². The predicted molar refractivity (Wildman–Crippen MR) is 79.7 cm³/mol. The number of hydrogen-bond acceptors (Lipinski definition) is 3. The number of unbranched alkanes of at least 4 members (excludes halogenated alkanes) is 2. The van der Waals surface area contributed by atoms with Crippen LogP contribution in [0.2, 0.25) is 0 Å². The molecule has 0 fully saturated rings. The maximum Gasteiger partial charge on any atom is 0.255 e. The SMILES string of the molecule is CN(CCCCCO)C(=O)c1csc2ccccc12. The molecule has 0 aliphatic rings. The van der Waals surface area contributed by atoms with Gasteiger partial charge < -0.3 is 10.0 Å². The second kappa shape index (κ2) is 6.68. The van der Waals surface area contributed by atoms with E-state index in [1.165, 1.54) is 0 Å². The minimum atomic E-state index is 0.0847. The summed E-state index contributed by atoms with van der Waals surface area (Å²) in [5.41, 5.74) is 0.797. The van der Waals surface area contributed by atoms with Gasteiger partial charge in [-0.05, 0) is 25.3 Å². The third kappa shape index (κ3) is 3.33. The molecule has 0 saturated carbocycles. The second-order valence-electron chi connectivity index (χ2n) is 4.66. The van der Waals surface area contributed by atoms with E-state index in [9.17, 15) is 4.79 Å². The maximum atomic E-state index is 12.4. The Morgan fingerprint density at radius 3 is 2.84 bits per heavy atom. The first-order chi connectivity index (χ1) is 9.24. The van der Waals surface area contributed by atoms with E-state index >= 15 is 0 Å². The van der Waals surface area contributed by atoms with E-state index in [4.69, 9.17) is 5.11 Å². The summed E-state index contributed by atoms with van der Waals surface area (Å²) in [6.07, 6.45) is 2.70. The number of fused-ring (bicyclic) bond motifs is 1. The average Bonchev–Trinajstić information content (AvgIpc) is 2.86. The monoisotopic (exact) mass is 277 g/mol. The van der Waals surface area contributed by atoms with E-state index in [0.717, 1.165) is 41.5 Å². The van der Waals surface area contributed by atoms with Gasteiger partial charge in [-0.3, -0.25) is 4.79 Å². The minimum Gasteiger partial charge on any atom is -0.396 e. The Hall–Kier alpha value is -1.39. The summed E-state index contributed by atoms with van der Waals surface area (Å²) in [5, 5.41) is 11.7. The zero-order valence-corrected chi connectivity index (χ0v) is 11.9. The Labute approximate surface area is 117 Å². The lowest BCUT2D eigenvalue weighted by Gasteiger charge is -2.16. The fourth-order valence-electron chi connectivity index (χ4n) is 2.09. The van der Waals surface area contributed by atoms with Gasteiger partial charge in [-0.25, -0.2) is 0 Å². The Bertz CT molecular complexity index is 550. The smallest absolute Gasteiger partial charge is 0.255 e. The number of thiophene rings is 1. The van der Waals surface area contributed by atoms with Crippen molar-refractivity contribution in [3.05, 3.63) is 35.2 Å². The molecule has 1 heterocycles. The molecule has 1 aromatic heterocycles. The molecule has 0 saturated heterocycles. The van der Waals surface area contributed by atoms with Crippen LogP contribution in [0.5, 0.6) is 0 Å². The van der Waals surface area contributed by atoms with Crippen molar-refractivity contribution in [1.82, 2.24) is 4.90 Å². The quantitative estimate of drug-likeness (QED) is 0.824. The van der Waals surface area contributed by atoms with Crippen molar-refractivity contribution < 1.29 is 9.90 Å². The molecule has 3 nitrogen and oxygen atoms in total. The van der Waals surface area contributed by atoms with Crippen LogP contribution >= 0.6 is 11.3 Å². The lowest BCUT2D eigenvalue weighted by molar-refractivity contribution is 0.0794. The highest BCUT2D eigenvalue weighted by Crippen LogP contribution is 2.26. The second-order valence-corrected chi connectivity index (χ2v) is 5.57. The van der Waals surface area contributed by atoms with Gasteiger partial charge in [-0.15, -0.1) is 11.3 Å². The number of benzene rings is 1. The van der Waals surface area contributed by atoms with Gasteiger partial charge >= 0.3 is 0 Å². The maximum absolute atomic E-state index is 12.4. The van der Waals surface area contributed by atoms with Gasteiger partial charge in [0.05, 0.1) is 5.56 Å². The largest absolute Gasteiger partial charge is 0.396 e. The molecule has 0 unspecified atom stereocenters. The van der Waals surface area contributed by atoms with Crippen molar-refractivity contribution in [1.29, 1.82) is 0 Å². The van der Waals surface area contributed by atoms with Gasteiger partial charge in [-0.1, -0.05) is 18.2 Å². The fraction of sp³-hybridized carbons (Fsp3) is 0.400. The molecule has 19 heavy (non-hydrogen) atoms. The van der Waals surface area contributed by atoms with Crippen LogP contribution in [0.15, 0.2) is 29.6 Å². The van der Waals surface area contributed by atoms with Crippen molar-refractivity contribution in [2.75, 3.05) is 20.2 Å². The zero-order valence-electron chi connectivity index (χ0n) is 11.1. The first-order valence-electron chi connectivity index (χ1n) is 6.56. The Balaban J connectivity index is 2.02. The predicted octanol–water partition coefficient (Wildman–Crippen LogP) is 3.14. The van der Waals surface area contributed by atoms with E-state index in [1.807, 2.05) is 36.7 Å². The summed E-state index contributed by atoms with van der Waals surface area (Å²) in [5.74, 6) is 0.0847. The molecular weight excluding hydrogens is 258 g/mol. The molecule has 0 radical (unpaired) electrons. The summed E-state index contributed by atoms with van der Waals surface area (Å²) < 4.78 is 1.15. The summed E-state index contributed by atoms with van der Waals surface area (Å²) in [7, 11) is 1.84. The molecule has 0 bridgehead atoms. The molecule has 102 valence electrons. The molecule has 4 heteroatoms. The molecule has 0 aliphatic heterocycles. The summed E-state index contributed by atoms with van der Waals surface area (Å²) in [6, 6.07) is 8.00. The first kappa shape index (κ1) is 14.0. The van der Waals surface area contributed by atoms with Gasteiger partial charge in [-0.2, -0.15) is 0 Å². The lowest BCUT2D eigenvalue weighted by Crippen LogP contribution is -2.27. The third-order valence-corrected chi connectivity index (χ3v) is 4.17. The highest BCUT2D eigenvalue weighted by molar-refractivity contribution is 7.17. The first-order valence-corrected chi connectivity index (χ1v) is 7.44.